The van der Waals surface area contributed by atoms with E-state index in [1.54, 1.807) is 24.4 Å². The van der Waals surface area contributed by atoms with Crippen molar-refractivity contribution in [2.45, 2.75) is 13.3 Å². The predicted octanol–water partition coefficient (Wildman–Crippen LogP) is 2.88. The van der Waals surface area contributed by atoms with Gasteiger partial charge in [0.25, 0.3) is 0 Å². The molecule has 0 aliphatic rings. The van der Waals surface area contributed by atoms with Crippen LogP contribution in [0.15, 0.2) is 48.7 Å². The van der Waals surface area contributed by atoms with E-state index in [2.05, 4.69) is 11.9 Å². The number of ether oxygens (including phenoxy) is 2. The minimum Gasteiger partial charge on any atom is -0.490 e. The van der Waals surface area contributed by atoms with Crippen molar-refractivity contribution in [1.29, 1.82) is 0 Å². The summed E-state index contributed by atoms with van der Waals surface area (Å²) in [7, 11) is 0. The number of carbonyl (C=O) groups excluding carboxylic acids is 1. The smallest absolute Gasteiger partial charge is 0.357 e. The molecule has 0 aliphatic carbocycles. The van der Waals surface area contributed by atoms with Gasteiger partial charge in [-0.3, -0.25) is 0 Å². The van der Waals surface area contributed by atoms with E-state index in [1.807, 2.05) is 24.3 Å². The molecule has 4 nitrogen and oxygen atoms in total. The first-order valence-corrected chi connectivity index (χ1v) is 6.59. The maximum atomic E-state index is 11.6. The van der Waals surface area contributed by atoms with Crippen molar-refractivity contribution in [1.82, 2.24) is 4.98 Å². The van der Waals surface area contributed by atoms with Gasteiger partial charge >= 0.3 is 5.97 Å². The normalized spacial score (nSPS) is 10.1. The molecule has 0 unspecified atom stereocenters. The number of hydrogen-bond acceptors (Lipinski definition) is 4. The average Bonchev–Trinajstić information content (AvgIpc) is 2.52. The molecule has 4 heteroatoms. The van der Waals surface area contributed by atoms with Crippen LogP contribution in [-0.2, 0) is 11.2 Å². The van der Waals surface area contributed by atoms with Gasteiger partial charge in [0.05, 0.1) is 0 Å². The highest BCUT2D eigenvalue weighted by Crippen LogP contribution is 2.13. The average molecular weight is 271 g/mol. The van der Waals surface area contributed by atoms with E-state index in [4.69, 9.17) is 9.47 Å². The van der Waals surface area contributed by atoms with Gasteiger partial charge in [0.1, 0.15) is 24.7 Å². The molecule has 0 fully saturated rings. The van der Waals surface area contributed by atoms with Crippen molar-refractivity contribution < 1.29 is 14.3 Å². The molecular formula is C16H17NO3. The third-order valence-corrected chi connectivity index (χ3v) is 2.77. The molecule has 1 aromatic heterocycles. The maximum absolute atomic E-state index is 11.6. The molecule has 2 aromatic rings. The van der Waals surface area contributed by atoms with Crippen LogP contribution < -0.4 is 4.74 Å². The van der Waals surface area contributed by atoms with Crippen LogP contribution in [0, 0.1) is 0 Å². The Bertz CT molecular complexity index is 555. The van der Waals surface area contributed by atoms with Crippen LogP contribution in [0.3, 0.4) is 0 Å². The van der Waals surface area contributed by atoms with Crippen LogP contribution in [0.25, 0.3) is 0 Å². The second-order valence-electron chi connectivity index (χ2n) is 4.20. The molecule has 1 heterocycles. The first kappa shape index (κ1) is 14.1. The van der Waals surface area contributed by atoms with E-state index < -0.39 is 5.97 Å². The fourth-order valence-corrected chi connectivity index (χ4v) is 1.71. The van der Waals surface area contributed by atoms with Crippen LogP contribution in [0.5, 0.6) is 5.75 Å². The van der Waals surface area contributed by atoms with Crippen LogP contribution in [0.1, 0.15) is 23.0 Å². The summed E-state index contributed by atoms with van der Waals surface area (Å²) >= 11 is 0. The van der Waals surface area contributed by atoms with Crippen molar-refractivity contribution in [2.24, 2.45) is 0 Å². The van der Waals surface area contributed by atoms with Crippen LogP contribution in [0.2, 0.25) is 0 Å². The third kappa shape index (κ3) is 4.09. The second kappa shape index (κ2) is 7.28. The molecular weight excluding hydrogens is 254 g/mol. The summed E-state index contributed by atoms with van der Waals surface area (Å²) in [6.07, 6.45) is 2.52. The largest absolute Gasteiger partial charge is 0.490 e. The van der Waals surface area contributed by atoms with Gasteiger partial charge in [-0.2, -0.15) is 0 Å². The summed E-state index contributed by atoms with van der Waals surface area (Å²) in [6.45, 7) is 2.62. The monoisotopic (exact) mass is 271 g/mol. The quantitative estimate of drug-likeness (QED) is 0.598. The summed E-state index contributed by atoms with van der Waals surface area (Å²) in [5.41, 5.74) is 1.52. The van der Waals surface area contributed by atoms with Gasteiger partial charge in [0.15, 0.2) is 0 Å². The number of aryl methyl sites for hydroxylation is 1. The zero-order chi connectivity index (χ0) is 14.2. The number of esters is 1. The van der Waals surface area contributed by atoms with Crippen molar-refractivity contribution in [3.05, 3.63) is 59.9 Å². The number of carbonyl (C=O) groups is 1. The molecule has 0 amide bonds. The Hall–Kier alpha value is -2.36. The Morgan fingerprint density at radius 3 is 2.80 bits per heavy atom. The summed E-state index contributed by atoms with van der Waals surface area (Å²) in [5, 5.41) is 0. The topological polar surface area (TPSA) is 48.4 Å². The minimum absolute atomic E-state index is 0.200. The lowest BCUT2D eigenvalue weighted by Crippen LogP contribution is -2.13. The predicted molar refractivity (Wildman–Crippen MR) is 75.8 cm³/mol. The number of nitrogens with zero attached hydrogens (tertiary/aromatic N) is 1. The molecule has 20 heavy (non-hydrogen) atoms. The number of pyridine rings is 1. The molecule has 0 spiro atoms. The molecule has 0 atom stereocenters. The fraction of sp³-hybridized carbons (Fsp3) is 0.250. The molecule has 1 aromatic carbocycles. The summed E-state index contributed by atoms with van der Waals surface area (Å²) < 4.78 is 10.6. The zero-order valence-corrected chi connectivity index (χ0v) is 11.4. The fourth-order valence-electron chi connectivity index (χ4n) is 1.71. The van der Waals surface area contributed by atoms with E-state index in [0.717, 1.165) is 12.2 Å². The number of hydrogen-bond donors (Lipinski definition) is 0. The van der Waals surface area contributed by atoms with E-state index in [-0.39, 0.29) is 6.61 Å². The number of benzene rings is 1. The van der Waals surface area contributed by atoms with Gasteiger partial charge in [0, 0.05) is 6.20 Å². The molecule has 0 bridgehead atoms. The molecule has 0 saturated carbocycles. The first-order chi connectivity index (χ1) is 9.79. The van der Waals surface area contributed by atoms with Gasteiger partial charge in [-0.1, -0.05) is 25.1 Å². The van der Waals surface area contributed by atoms with Crippen LogP contribution in [0.4, 0.5) is 0 Å². The maximum Gasteiger partial charge on any atom is 0.357 e. The van der Waals surface area contributed by atoms with Crippen molar-refractivity contribution in [3.63, 3.8) is 0 Å². The lowest BCUT2D eigenvalue weighted by atomic mass is 10.2. The van der Waals surface area contributed by atoms with Crippen molar-refractivity contribution in [2.75, 3.05) is 13.2 Å². The van der Waals surface area contributed by atoms with Gasteiger partial charge in [-0.05, 0) is 36.2 Å². The molecule has 0 N–H and O–H groups in total. The number of rotatable bonds is 6. The standard InChI is InChI=1S/C16H17NO3/c1-2-13-6-5-7-14(12-13)19-10-11-20-16(18)15-8-3-4-9-17-15/h3-9,12H,2,10-11H2,1H3. The Morgan fingerprint density at radius 1 is 1.15 bits per heavy atom. The first-order valence-electron chi connectivity index (χ1n) is 6.59. The SMILES string of the molecule is CCc1cccc(OCCOC(=O)c2ccccn2)c1. The Balaban J connectivity index is 1.75. The van der Waals surface area contributed by atoms with E-state index in [0.29, 0.717) is 12.3 Å². The van der Waals surface area contributed by atoms with E-state index in [1.165, 1.54) is 5.56 Å². The molecule has 0 aliphatic heterocycles. The summed E-state index contributed by atoms with van der Waals surface area (Å²) in [4.78, 5) is 15.5. The van der Waals surface area contributed by atoms with E-state index >= 15 is 0 Å². The minimum atomic E-state index is -0.434. The van der Waals surface area contributed by atoms with Crippen LogP contribution >= 0.6 is 0 Å². The molecule has 0 saturated heterocycles. The highest BCUT2D eigenvalue weighted by atomic mass is 16.6. The zero-order valence-electron chi connectivity index (χ0n) is 11.4. The second-order valence-corrected chi connectivity index (χ2v) is 4.20. The summed E-state index contributed by atoms with van der Waals surface area (Å²) in [5.74, 6) is 0.356. The molecule has 0 radical (unpaired) electrons. The highest BCUT2D eigenvalue weighted by molar-refractivity contribution is 5.87. The van der Waals surface area contributed by atoms with Crippen molar-refractivity contribution in [3.8, 4) is 5.75 Å². The lowest BCUT2D eigenvalue weighted by Gasteiger charge is -2.08. The van der Waals surface area contributed by atoms with Crippen molar-refractivity contribution >= 4 is 5.97 Å². The highest BCUT2D eigenvalue weighted by Gasteiger charge is 2.07. The van der Waals surface area contributed by atoms with E-state index in [9.17, 15) is 4.79 Å². The Kier molecular flexibility index (Phi) is 5.12. The third-order valence-electron chi connectivity index (χ3n) is 2.77. The molecule has 2 rings (SSSR count). The molecule has 104 valence electrons. The van der Waals surface area contributed by atoms with Gasteiger partial charge in [-0.25, -0.2) is 9.78 Å². The lowest BCUT2D eigenvalue weighted by molar-refractivity contribution is 0.0443. The Morgan fingerprint density at radius 2 is 2.05 bits per heavy atom. The van der Waals surface area contributed by atoms with Gasteiger partial charge in [0.2, 0.25) is 0 Å². The van der Waals surface area contributed by atoms with Gasteiger partial charge in [-0.15, -0.1) is 0 Å². The number of aromatic nitrogens is 1. The Labute approximate surface area is 118 Å². The van der Waals surface area contributed by atoms with Crippen LogP contribution in [-0.4, -0.2) is 24.2 Å². The summed E-state index contributed by atoms with van der Waals surface area (Å²) in [6, 6.07) is 13.0. The van der Waals surface area contributed by atoms with Gasteiger partial charge < -0.3 is 9.47 Å².